The Hall–Kier alpha value is -0.720. The van der Waals surface area contributed by atoms with E-state index in [0.717, 1.165) is 11.5 Å². The van der Waals surface area contributed by atoms with E-state index in [0.29, 0.717) is 6.42 Å². The summed E-state index contributed by atoms with van der Waals surface area (Å²) in [5.74, 6) is 1.78. The van der Waals surface area contributed by atoms with E-state index in [1.807, 2.05) is 14.1 Å². The zero-order valence-corrected chi connectivity index (χ0v) is 12.4. The number of sulfonamides is 1. The summed E-state index contributed by atoms with van der Waals surface area (Å²) in [7, 11) is 0.719. The third kappa shape index (κ3) is 6.28. The van der Waals surface area contributed by atoms with Gasteiger partial charge in [0.2, 0.25) is 10.0 Å². The van der Waals surface area contributed by atoms with Gasteiger partial charge in [0.05, 0.1) is 5.75 Å². The molecule has 0 bridgehead atoms. The molecule has 0 fully saturated rings. The number of anilines is 1. The first kappa shape index (κ1) is 15.3. The molecule has 2 N–H and O–H groups in total. The summed E-state index contributed by atoms with van der Waals surface area (Å²) in [5.41, 5.74) is 2.43. The third-order valence-electron chi connectivity index (χ3n) is 2.44. The lowest BCUT2D eigenvalue weighted by molar-refractivity contribution is 0.596. The average molecular weight is 288 g/mol. The first-order valence-corrected chi connectivity index (χ1v) is 8.60. The predicted octanol–water partition coefficient (Wildman–Crippen LogP) is 1.66. The van der Waals surface area contributed by atoms with Crippen LogP contribution in [-0.2, 0) is 15.8 Å². The van der Waals surface area contributed by atoms with Crippen LogP contribution in [0.2, 0.25) is 0 Å². The van der Waals surface area contributed by atoms with Crippen molar-refractivity contribution >= 4 is 27.5 Å². The van der Waals surface area contributed by atoms with E-state index in [9.17, 15) is 8.42 Å². The molecule has 4 nitrogen and oxygen atoms in total. The number of nitrogens with two attached hydrogens (primary N) is 1. The molecule has 6 heteroatoms. The monoisotopic (exact) mass is 288 g/mol. The molecule has 18 heavy (non-hydrogen) atoms. The maximum absolute atomic E-state index is 10.7. The maximum atomic E-state index is 10.7. The molecule has 1 rings (SSSR count). The second-order valence-electron chi connectivity index (χ2n) is 4.33. The van der Waals surface area contributed by atoms with Gasteiger partial charge in [-0.05, 0) is 29.9 Å². The van der Waals surface area contributed by atoms with Crippen LogP contribution in [0.3, 0.4) is 0 Å². The molecule has 0 amide bonds. The third-order valence-corrected chi connectivity index (χ3v) is 4.41. The van der Waals surface area contributed by atoms with Crippen LogP contribution in [0.25, 0.3) is 0 Å². The fourth-order valence-electron chi connectivity index (χ4n) is 1.44. The largest absolute Gasteiger partial charge is 0.378 e. The zero-order valence-electron chi connectivity index (χ0n) is 10.8. The first-order chi connectivity index (χ1) is 8.38. The average Bonchev–Trinajstić information content (AvgIpc) is 2.27. The SMILES string of the molecule is CN(C)c1ccc(CSCCCS(N)(=O)=O)cc1. The van der Waals surface area contributed by atoms with Gasteiger partial charge in [-0.3, -0.25) is 0 Å². The van der Waals surface area contributed by atoms with Gasteiger partial charge in [0.1, 0.15) is 0 Å². The normalized spacial score (nSPS) is 11.5. The lowest BCUT2D eigenvalue weighted by Crippen LogP contribution is -2.16. The van der Waals surface area contributed by atoms with E-state index in [2.05, 4.69) is 29.2 Å². The zero-order chi connectivity index (χ0) is 13.6. The van der Waals surface area contributed by atoms with Gasteiger partial charge in [0.25, 0.3) is 0 Å². The predicted molar refractivity (Wildman–Crippen MR) is 79.5 cm³/mol. The fraction of sp³-hybridized carbons (Fsp3) is 0.500. The van der Waals surface area contributed by atoms with E-state index in [1.54, 1.807) is 11.8 Å². The van der Waals surface area contributed by atoms with Gasteiger partial charge in [-0.25, -0.2) is 13.6 Å². The summed E-state index contributed by atoms with van der Waals surface area (Å²) in [5, 5.41) is 4.93. The summed E-state index contributed by atoms with van der Waals surface area (Å²) in [6.07, 6.45) is 0.610. The molecule has 0 saturated heterocycles. The molecule has 0 aliphatic carbocycles. The van der Waals surface area contributed by atoms with E-state index in [1.165, 1.54) is 11.3 Å². The van der Waals surface area contributed by atoms with Crippen molar-refractivity contribution in [3.05, 3.63) is 29.8 Å². The molecular formula is C12H20N2O2S2. The molecule has 0 aliphatic heterocycles. The molecule has 0 heterocycles. The van der Waals surface area contributed by atoms with Crippen molar-refractivity contribution in [1.82, 2.24) is 0 Å². The highest BCUT2D eigenvalue weighted by Crippen LogP contribution is 2.17. The Labute approximate surface area is 114 Å². The molecule has 0 spiro atoms. The Morgan fingerprint density at radius 3 is 2.33 bits per heavy atom. The molecule has 102 valence electrons. The molecule has 1 aromatic carbocycles. The number of hydrogen-bond donors (Lipinski definition) is 1. The first-order valence-electron chi connectivity index (χ1n) is 5.73. The van der Waals surface area contributed by atoms with Crippen molar-refractivity contribution in [2.45, 2.75) is 12.2 Å². The maximum Gasteiger partial charge on any atom is 0.209 e. The standard InChI is InChI=1S/C12H20N2O2S2/c1-14(2)12-6-4-11(5-7-12)10-17-8-3-9-18(13,15)16/h4-7H,3,8-10H2,1-2H3,(H2,13,15,16). The van der Waals surface area contributed by atoms with Crippen LogP contribution in [0.4, 0.5) is 5.69 Å². The highest BCUT2D eigenvalue weighted by Gasteiger charge is 2.02. The lowest BCUT2D eigenvalue weighted by Gasteiger charge is -2.12. The van der Waals surface area contributed by atoms with Crippen LogP contribution in [0.5, 0.6) is 0 Å². The minimum atomic E-state index is -3.30. The van der Waals surface area contributed by atoms with Gasteiger partial charge in [0, 0.05) is 25.5 Å². The van der Waals surface area contributed by atoms with Crippen molar-refractivity contribution in [3.8, 4) is 0 Å². The number of benzene rings is 1. The van der Waals surface area contributed by atoms with E-state index in [-0.39, 0.29) is 5.75 Å². The van der Waals surface area contributed by atoms with Gasteiger partial charge in [0.15, 0.2) is 0 Å². The summed E-state index contributed by atoms with van der Waals surface area (Å²) in [6, 6.07) is 8.37. The molecule has 1 aromatic rings. The highest BCUT2D eigenvalue weighted by molar-refractivity contribution is 7.98. The Balaban J connectivity index is 2.27. The molecule has 0 aromatic heterocycles. The van der Waals surface area contributed by atoms with Crippen LogP contribution in [-0.4, -0.2) is 34.0 Å². The van der Waals surface area contributed by atoms with Crippen molar-refractivity contribution in [1.29, 1.82) is 0 Å². The quantitative estimate of drug-likeness (QED) is 0.775. The summed E-state index contributed by atoms with van der Waals surface area (Å²) < 4.78 is 21.5. The van der Waals surface area contributed by atoms with Gasteiger partial charge >= 0.3 is 0 Å². The van der Waals surface area contributed by atoms with Crippen molar-refractivity contribution in [2.75, 3.05) is 30.5 Å². The number of thioether (sulfide) groups is 1. The van der Waals surface area contributed by atoms with E-state index >= 15 is 0 Å². The van der Waals surface area contributed by atoms with Crippen LogP contribution < -0.4 is 10.0 Å². The van der Waals surface area contributed by atoms with Crippen LogP contribution in [0.15, 0.2) is 24.3 Å². The van der Waals surface area contributed by atoms with Gasteiger partial charge in [-0.1, -0.05) is 12.1 Å². The number of rotatable bonds is 7. The Morgan fingerprint density at radius 1 is 1.22 bits per heavy atom. The molecule has 0 radical (unpaired) electrons. The highest BCUT2D eigenvalue weighted by atomic mass is 32.2. The second-order valence-corrected chi connectivity index (χ2v) is 7.17. The van der Waals surface area contributed by atoms with E-state index < -0.39 is 10.0 Å². The lowest BCUT2D eigenvalue weighted by atomic mass is 10.2. The summed E-state index contributed by atoms with van der Waals surface area (Å²) in [4.78, 5) is 2.06. The Kier molecular flexibility index (Phi) is 5.98. The van der Waals surface area contributed by atoms with Crippen molar-refractivity contribution in [2.24, 2.45) is 5.14 Å². The topological polar surface area (TPSA) is 63.4 Å². The smallest absolute Gasteiger partial charge is 0.209 e. The van der Waals surface area contributed by atoms with Crippen LogP contribution in [0.1, 0.15) is 12.0 Å². The van der Waals surface area contributed by atoms with Gasteiger partial charge < -0.3 is 4.90 Å². The van der Waals surface area contributed by atoms with Gasteiger partial charge in [-0.2, -0.15) is 11.8 Å². The minimum absolute atomic E-state index is 0.0690. The molecular weight excluding hydrogens is 268 g/mol. The number of primary sulfonamides is 1. The minimum Gasteiger partial charge on any atom is -0.378 e. The molecule has 0 atom stereocenters. The second kappa shape index (κ2) is 7.01. The van der Waals surface area contributed by atoms with Crippen molar-refractivity contribution in [3.63, 3.8) is 0 Å². The Morgan fingerprint density at radius 2 is 1.83 bits per heavy atom. The molecule has 0 unspecified atom stereocenters. The number of hydrogen-bond acceptors (Lipinski definition) is 4. The van der Waals surface area contributed by atoms with Crippen LogP contribution >= 0.6 is 11.8 Å². The van der Waals surface area contributed by atoms with Crippen LogP contribution in [0, 0.1) is 0 Å². The summed E-state index contributed by atoms with van der Waals surface area (Å²) >= 11 is 1.73. The van der Waals surface area contributed by atoms with E-state index in [4.69, 9.17) is 5.14 Å². The molecule has 0 aliphatic rings. The molecule has 0 saturated carbocycles. The number of nitrogens with zero attached hydrogens (tertiary/aromatic N) is 1. The fourth-order valence-corrected chi connectivity index (χ4v) is 3.09. The Bertz CT molecular complexity index is 455. The van der Waals surface area contributed by atoms with Crippen molar-refractivity contribution < 1.29 is 8.42 Å². The summed E-state index contributed by atoms with van der Waals surface area (Å²) in [6.45, 7) is 0. The van der Waals surface area contributed by atoms with Gasteiger partial charge in [-0.15, -0.1) is 0 Å².